The second kappa shape index (κ2) is 3.95. The van der Waals surface area contributed by atoms with Gasteiger partial charge in [-0.2, -0.15) is 0 Å². The monoisotopic (exact) mass is 221 g/mol. The lowest BCUT2D eigenvalue weighted by Gasteiger charge is -1.98. The van der Waals surface area contributed by atoms with Gasteiger partial charge in [-0.1, -0.05) is 0 Å². The van der Waals surface area contributed by atoms with E-state index in [4.69, 9.17) is 10.5 Å². The van der Waals surface area contributed by atoms with E-state index in [2.05, 4.69) is 15.9 Å². The third kappa shape index (κ3) is 2.28. The smallest absolute Gasteiger partial charge is 0.131 e. The van der Waals surface area contributed by atoms with E-state index < -0.39 is 0 Å². The predicted octanol–water partition coefficient (Wildman–Crippen LogP) is 1.85. The van der Waals surface area contributed by atoms with Gasteiger partial charge in [-0.15, -0.1) is 11.3 Å². The lowest BCUT2D eigenvalue weighted by molar-refractivity contribution is 0.329. The van der Waals surface area contributed by atoms with Crippen molar-refractivity contribution >= 4 is 27.3 Å². The summed E-state index contributed by atoms with van der Waals surface area (Å²) in [6.45, 7) is 1.15. The second-order valence-electron chi connectivity index (χ2n) is 1.72. The van der Waals surface area contributed by atoms with Gasteiger partial charge in [0, 0.05) is 18.0 Å². The molecule has 0 aliphatic rings. The molecule has 4 heteroatoms. The van der Waals surface area contributed by atoms with Crippen molar-refractivity contribution in [2.75, 3.05) is 13.2 Å². The molecule has 10 heavy (non-hydrogen) atoms. The van der Waals surface area contributed by atoms with E-state index >= 15 is 0 Å². The van der Waals surface area contributed by atoms with Crippen LogP contribution in [0.5, 0.6) is 5.75 Å². The third-order valence-corrected chi connectivity index (χ3v) is 2.41. The molecule has 2 nitrogen and oxygen atoms in total. The molecule has 0 saturated heterocycles. The first-order chi connectivity index (χ1) is 4.83. The van der Waals surface area contributed by atoms with E-state index in [0.717, 1.165) is 9.54 Å². The molecular formula is C6H8BrNOS. The number of thiophene rings is 1. The molecule has 0 aromatic carbocycles. The standard InChI is InChI=1S/C6H8BrNOS/c7-6-3-5(4-10-6)9-2-1-8/h3-4H,1-2,8H2. The number of rotatable bonds is 3. The van der Waals surface area contributed by atoms with Crippen LogP contribution in [0.1, 0.15) is 0 Å². The molecule has 0 radical (unpaired) electrons. The fourth-order valence-corrected chi connectivity index (χ4v) is 1.60. The van der Waals surface area contributed by atoms with Crippen LogP contribution in [-0.2, 0) is 0 Å². The SMILES string of the molecule is NCCOc1csc(Br)c1. The van der Waals surface area contributed by atoms with Crippen LogP contribution in [0.2, 0.25) is 0 Å². The molecule has 1 aromatic rings. The summed E-state index contributed by atoms with van der Waals surface area (Å²) in [5, 5.41) is 1.94. The quantitative estimate of drug-likeness (QED) is 0.846. The summed E-state index contributed by atoms with van der Waals surface area (Å²) in [5.74, 6) is 0.891. The van der Waals surface area contributed by atoms with Crippen LogP contribution in [-0.4, -0.2) is 13.2 Å². The molecule has 2 N–H and O–H groups in total. The predicted molar refractivity (Wildman–Crippen MR) is 46.6 cm³/mol. The molecule has 0 atom stereocenters. The first-order valence-corrected chi connectivity index (χ1v) is 4.57. The Bertz CT molecular complexity index is 201. The van der Waals surface area contributed by atoms with Gasteiger partial charge in [-0.05, 0) is 15.9 Å². The van der Waals surface area contributed by atoms with E-state index in [1.807, 2.05) is 11.4 Å². The number of hydrogen-bond donors (Lipinski definition) is 1. The summed E-state index contributed by atoms with van der Waals surface area (Å²) >= 11 is 4.94. The highest BCUT2D eigenvalue weighted by Gasteiger charge is 1.95. The Hall–Kier alpha value is -0.0600. The van der Waals surface area contributed by atoms with E-state index in [1.54, 1.807) is 11.3 Å². The largest absolute Gasteiger partial charge is 0.491 e. The van der Waals surface area contributed by atoms with Crippen molar-refractivity contribution in [1.82, 2.24) is 0 Å². The summed E-state index contributed by atoms with van der Waals surface area (Å²) in [7, 11) is 0. The van der Waals surface area contributed by atoms with Gasteiger partial charge >= 0.3 is 0 Å². The summed E-state index contributed by atoms with van der Waals surface area (Å²) < 4.78 is 6.31. The number of halogens is 1. The fourth-order valence-electron chi connectivity index (χ4n) is 0.547. The number of nitrogens with two attached hydrogens (primary N) is 1. The molecule has 0 spiro atoms. The molecule has 0 aliphatic carbocycles. The van der Waals surface area contributed by atoms with Crippen LogP contribution in [0.4, 0.5) is 0 Å². The molecule has 0 fully saturated rings. The lowest BCUT2D eigenvalue weighted by Crippen LogP contribution is -2.09. The molecule has 1 heterocycles. The average molecular weight is 222 g/mol. The van der Waals surface area contributed by atoms with Crippen LogP contribution in [0.3, 0.4) is 0 Å². The minimum atomic E-state index is 0.563. The topological polar surface area (TPSA) is 35.2 Å². The highest BCUT2D eigenvalue weighted by Crippen LogP contribution is 2.25. The Balaban J connectivity index is 2.42. The Labute approximate surface area is 72.1 Å². The summed E-state index contributed by atoms with van der Waals surface area (Å²) in [6.07, 6.45) is 0. The van der Waals surface area contributed by atoms with Crippen LogP contribution < -0.4 is 10.5 Å². The molecule has 1 aromatic heterocycles. The lowest BCUT2D eigenvalue weighted by atomic mass is 10.6. The van der Waals surface area contributed by atoms with Crippen molar-refractivity contribution < 1.29 is 4.74 Å². The van der Waals surface area contributed by atoms with E-state index in [0.29, 0.717) is 13.2 Å². The fraction of sp³-hybridized carbons (Fsp3) is 0.333. The van der Waals surface area contributed by atoms with Gasteiger partial charge in [0.25, 0.3) is 0 Å². The maximum atomic E-state index is 5.25. The van der Waals surface area contributed by atoms with Gasteiger partial charge in [0.05, 0.1) is 3.79 Å². The average Bonchev–Trinajstić information content (AvgIpc) is 2.31. The highest BCUT2D eigenvalue weighted by molar-refractivity contribution is 9.11. The van der Waals surface area contributed by atoms with Crippen LogP contribution in [0, 0.1) is 0 Å². The van der Waals surface area contributed by atoms with Crippen molar-refractivity contribution in [1.29, 1.82) is 0 Å². The van der Waals surface area contributed by atoms with Gasteiger partial charge in [-0.3, -0.25) is 0 Å². The van der Waals surface area contributed by atoms with Crippen molar-refractivity contribution in [3.63, 3.8) is 0 Å². The number of ether oxygens (including phenoxy) is 1. The van der Waals surface area contributed by atoms with Gasteiger partial charge < -0.3 is 10.5 Å². The third-order valence-electron chi connectivity index (χ3n) is 0.930. The van der Waals surface area contributed by atoms with Gasteiger partial charge in [0.2, 0.25) is 0 Å². The number of hydrogen-bond acceptors (Lipinski definition) is 3. The first-order valence-electron chi connectivity index (χ1n) is 2.90. The van der Waals surface area contributed by atoms with Crippen LogP contribution in [0.25, 0.3) is 0 Å². The van der Waals surface area contributed by atoms with Crippen molar-refractivity contribution in [2.45, 2.75) is 0 Å². The van der Waals surface area contributed by atoms with E-state index in [1.165, 1.54) is 0 Å². The van der Waals surface area contributed by atoms with E-state index in [9.17, 15) is 0 Å². The van der Waals surface area contributed by atoms with Crippen LogP contribution in [0.15, 0.2) is 15.2 Å². The zero-order valence-corrected chi connectivity index (χ0v) is 7.74. The molecular weight excluding hydrogens is 214 g/mol. The Kier molecular flexibility index (Phi) is 3.18. The molecule has 0 amide bonds. The van der Waals surface area contributed by atoms with Gasteiger partial charge in [-0.25, -0.2) is 0 Å². The Morgan fingerprint density at radius 1 is 1.70 bits per heavy atom. The highest BCUT2D eigenvalue weighted by atomic mass is 79.9. The molecule has 0 saturated carbocycles. The van der Waals surface area contributed by atoms with Crippen molar-refractivity contribution in [3.8, 4) is 5.75 Å². The zero-order chi connectivity index (χ0) is 7.40. The van der Waals surface area contributed by atoms with E-state index in [-0.39, 0.29) is 0 Å². The summed E-state index contributed by atoms with van der Waals surface area (Å²) in [5.41, 5.74) is 5.25. The molecule has 1 rings (SSSR count). The Morgan fingerprint density at radius 3 is 3.00 bits per heavy atom. The summed E-state index contributed by atoms with van der Waals surface area (Å²) in [4.78, 5) is 0. The maximum Gasteiger partial charge on any atom is 0.131 e. The normalized spacial score (nSPS) is 9.80. The zero-order valence-electron chi connectivity index (χ0n) is 5.34. The maximum absolute atomic E-state index is 5.25. The Morgan fingerprint density at radius 2 is 2.50 bits per heavy atom. The second-order valence-corrected chi connectivity index (χ2v) is 4.01. The van der Waals surface area contributed by atoms with Crippen molar-refractivity contribution in [2.24, 2.45) is 5.73 Å². The molecule has 56 valence electrons. The van der Waals surface area contributed by atoms with Gasteiger partial charge in [0.1, 0.15) is 12.4 Å². The molecule has 0 aliphatic heterocycles. The minimum absolute atomic E-state index is 0.563. The summed E-state index contributed by atoms with van der Waals surface area (Å²) in [6, 6.07) is 1.93. The minimum Gasteiger partial charge on any atom is -0.491 e. The van der Waals surface area contributed by atoms with Gasteiger partial charge in [0.15, 0.2) is 0 Å². The van der Waals surface area contributed by atoms with Crippen LogP contribution >= 0.6 is 27.3 Å². The molecule has 0 bridgehead atoms. The molecule has 0 unspecified atom stereocenters. The first kappa shape index (κ1) is 8.04. The van der Waals surface area contributed by atoms with Crippen molar-refractivity contribution in [3.05, 3.63) is 15.2 Å².